The summed E-state index contributed by atoms with van der Waals surface area (Å²) in [6.07, 6.45) is -6.27. The normalized spacial score (nSPS) is 22.5. The van der Waals surface area contributed by atoms with Crippen molar-refractivity contribution in [3.63, 3.8) is 0 Å². The van der Waals surface area contributed by atoms with Crippen molar-refractivity contribution >= 4 is 0 Å². The van der Waals surface area contributed by atoms with Crippen molar-refractivity contribution in [1.82, 2.24) is 30.4 Å². The zero-order valence-electron chi connectivity index (χ0n) is 20.2. The predicted octanol–water partition coefficient (Wildman–Crippen LogP) is 5.40. The number of nitrogens with zero attached hydrogens (tertiary/aromatic N) is 5. The first-order valence-electron chi connectivity index (χ1n) is 11.9. The van der Waals surface area contributed by atoms with Gasteiger partial charge in [0.25, 0.3) is 0 Å². The molecule has 2 N–H and O–H groups in total. The number of alkyl halides is 3. The van der Waals surface area contributed by atoms with E-state index < -0.39 is 40.6 Å². The topological polar surface area (TPSA) is 100 Å². The Labute approximate surface area is 213 Å². The van der Waals surface area contributed by atoms with Crippen LogP contribution in [0.4, 0.5) is 22.0 Å². The van der Waals surface area contributed by atoms with Crippen molar-refractivity contribution in [1.29, 1.82) is 0 Å². The maximum atomic E-state index is 14.5. The number of benzene rings is 1. The fraction of sp³-hybridized carbons (Fsp3) is 0.346. The molecule has 0 unspecified atom stereocenters. The molecule has 3 heterocycles. The Balaban J connectivity index is 1.45. The van der Waals surface area contributed by atoms with Crippen LogP contribution in [-0.2, 0) is 5.41 Å². The highest BCUT2D eigenvalue weighted by molar-refractivity contribution is 5.64. The number of pyridine rings is 1. The number of aromatic amines is 1. The summed E-state index contributed by atoms with van der Waals surface area (Å²) in [6, 6.07) is 10.4. The number of rotatable bonds is 4. The molecule has 0 saturated heterocycles. The van der Waals surface area contributed by atoms with Gasteiger partial charge in [0.2, 0.25) is 6.10 Å². The standard InChI is InChI=1S/C26H21F5N6O/c1-24(2)13-9-10-25(24,20-12(13)11-17(34-35-20)19-14(27)5-3-6-15(19)28)18-8-4-7-16(32-18)22-33-23(37-36-22)21(38)26(29,30)31/h3-8,11,13,21,38H,9-10H2,1-2H3,(H,33,36,37)/t13-,21+,25-/m0/s1. The molecule has 3 atom stereocenters. The minimum absolute atomic E-state index is 0.0193. The molecule has 0 amide bonds. The predicted molar refractivity (Wildman–Crippen MR) is 125 cm³/mol. The molecule has 12 heteroatoms. The number of aliphatic hydroxyl groups excluding tert-OH is 1. The van der Waals surface area contributed by atoms with E-state index in [0.29, 0.717) is 17.8 Å². The first kappa shape index (κ1) is 24.5. The fourth-order valence-corrected chi connectivity index (χ4v) is 6.22. The second-order valence-electron chi connectivity index (χ2n) is 10.2. The van der Waals surface area contributed by atoms with Gasteiger partial charge in [-0.25, -0.2) is 18.7 Å². The second kappa shape index (κ2) is 8.10. The van der Waals surface area contributed by atoms with Gasteiger partial charge in [-0.1, -0.05) is 26.0 Å². The van der Waals surface area contributed by atoms with Gasteiger partial charge in [0.15, 0.2) is 11.6 Å². The van der Waals surface area contributed by atoms with Gasteiger partial charge in [0.05, 0.1) is 28.1 Å². The number of aromatic nitrogens is 6. The molecule has 6 rings (SSSR count). The van der Waals surface area contributed by atoms with Crippen molar-refractivity contribution in [2.75, 3.05) is 0 Å². The van der Waals surface area contributed by atoms with E-state index in [-0.39, 0.29) is 28.7 Å². The van der Waals surface area contributed by atoms with E-state index in [0.717, 1.165) is 12.0 Å². The third kappa shape index (κ3) is 3.32. The lowest BCUT2D eigenvalue weighted by atomic mass is 9.66. The third-order valence-corrected chi connectivity index (χ3v) is 8.09. The Morgan fingerprint density at radius 2 is 1.71 bits per heavy atom. The van der Waals surface area contributed by atoms with Gasteiger partial charge >= 0.3 is 6.18 Å². The molecule has 0 radical (unpaired) electrons. The lowest BCUT2D eigenvalue weighted by molar-refractivity contribution is -0.209. The zero-order chi connectivity index (χ0) is 27.0. The van der Waals surface area contributed by atoms with Crippen LogP contribution in [0.25, 0.3) is 22.8 Å². The van der Waals surface area contributed by atoms with Crippen LogP contribution in [0.1, 0.15) is 61.5 Å². The van der Waals surface area contributed by atoms with Crippen molar-refractivity contribution < 1.29 is 27.1 Å². The van der Waals surface area contributed by atoms with Crippen LogP contribution in [0.2, 0.25) is 0 Å². The number of aliphatic hydroxyl groups is 1. The number of hydrogen-bond donors (Lipinski definition) is 2. The maximum Gasteiger partial charge on any atom is 0.421 e. The molecule has 0 aliphatic heterocycles. The first-order valence-corrected chi connectivity index (χ1v) is 11.9. The van der Waals surface area contributed by atoms with E-state index in [1.807, 2.05) is 6.07 Å². The highest BCUT2D eigenvalue weighted by Crippen LogP contribution is 2.69. The molecule has 1 fully saturated rings. The third-order valence-electron chi connectivity index (χ3n) is 8.09. The minimum atomic E-state index is -4.91. The van der Waals surface area contributed by atoms with Gasteiger partial charge in [-0.2, -0.15) is 23.4 Å². The van der Waals surface area contributed by atoms with Crippen molar-refractivity contribution in [3.8, 4) is 22.8 Å². The van der Waals surface area contributed by atoms with Gasteiger partial charge in [0.1, 0.15) is 17.3 Å². The van der Waals surface area contributed by atoms with Gasteiger partial charge in [-0.3, -0.25) is 5.10 Å². The molecular weight excluding hydrogens is 507 g/mol. The highest BCUT2D eigenvalue weighted by Gasteiger charge is 2.65. The number of hydrogen-bond acceptors (Lipinski definition) is 6. The summed E-state index contributed by atoms with van der Waals surface area (Å²) < 4.78 is 67.7. The molecule has 2 aliphatic rings. The SMILES string of the molecule is CC1(C)[C@H]2CC[C@]1(c1cccc(-c3nc([C@@H](O)C(F)(F)F)n[nH]3)n1)c1nnc(-c3c(F)cccc3F)cc12. The summed E-state index contributed by atoms with van der Waals surface area (Å²) in [7, 11) is 0. The van der Waals surface area contributed by atoms with Crippen molar-refractivity contribution in [2.45, 2.75) is 50.3 Å². The van der Waals surface area contributed by atoms with Crippen molar-refractivity contribution in [3.05, 3.63) is 76.9 Å². The number of halogens is 5. The molecule has 2 aliphatic carbocycles. The lowest BCUT2D eigenvalue weighted by Crippen LogP contribution is -2.37. The van der Waals surface area contributed by atoms with Gasteiger partial charge in [0, 0.05) is 0 Å². The summed E-state index contributed by atoms with van der Waals surface area (Å²) >= 11 is 0. The highest BCUT2D eigenvalue weighted by atomic mass is 19.4. The first-order chi connectivity index (χ1) is 17.9. The van der Waals surface area contributed by atoms with Crippen LogP contribution < -0.4 is 0 Å². The molecule has 38 heavy (non-hydrogen) atoms. The van der Waals surface area contributed by atoms with Gasteiger partial charge < -0.3 is 5.11 Å². The Hall–Kier alpha value is -3.80. The van der Waals surface area contributed by atoms with Crippen LogP contribution in [0.15, 0.2) is 42.5 Å². The van der Waals surface area contributed by atoms with E-state index in [9.17, 15) is 27.1 Å². The Morgan fingerprint density at radius 3 is 2.42 bits per heavy atom. The molecule has 0 spiro atoms. The second-order valence-corrected chi connectivity index (χ2v) is 10.2. The number of nitrogens with one attached hydrogen (secondary N) is 1. The molecular formula is C26H21F5N6O. The lowest BCUT2D eigenvalue weighted by Gasteiger charge is -2.37. The molecule has 2 bridgehead atoms. The van der Waals surface area contributed by atoms with Gasteiger partial charge in [-0.15, -0.1) is 5.10 Å². The van der Waals surface area contributed by atoms with Crippen LogP contribution >= 0.6 is 0 Å². The van der Waals surface area contributed by atoms with Crippen LogP contribution in [-0.4, -0.2) is 41.6 Å². The van der Waals surface area contributed by atoms with E-state index >= 15 is 0 Å². The Kier molecular flexibility index (Phi) is 5.23. The molecule has 1 saturated carbocycles. The van der Waals surface area contributed by atoms with Crippen LogP contribution in [0.3, 0.4) is 0 Å². The van der Waals surface area contributed by atoms with E-state index in [2.05, 4.69) is 39.2 Å². The number of H-pyrrole nitrogens is 1. The smallest absolute Gasteiger partial charge is 0.377 e. The molecule has 7 nitrogen and oxygen atoms in total. The fourth-order valence-electron chi connectivity index (χ4n) is 6.22. The Morgan fingerprint density at radius 1 is 1.00 bits per heavy atom. The largest absolute Gasteiger partial charge is 0.421 e. The molecule has 3 aromatic heterocycles. The molecule has 4 aromatic rings. The van der Waals surface area contributed by atoms with E-state index in [4.69, 9.17) is 4.98 Å². The van der Waals surface area contributed by atoms with Crippen LogP contribution in [0.5, 0.6) is 0 Å². The average Bonchev–Trinajstić information content (AvgIpc) is 3.51. The summed E-state index contributed by atoms with van der Waals surface area (Å²) in [6.45, 7) is 4.16. The Bertz CT molecular complexity index is 1550. The monoisotopic (exact) mass is 528 g/mol. The quantitative estimate of drug-likeness (QED) is 0.344. The summed E-state index contributed by atoms with van der Waals surface area (Å²) in [5, 5.41) is 24.1. The number of fused-ring (bicyclic) bond motifs is 5. The van der Waals surface area contributed by atoms with E-state index in [1.165, 1.54) is 18.2 Å². The summed E-state index contributed by atoms with van der Waals surface area (Å²) in [5.74, 6) is -2.26. The average molecular weight is 528 g/mol. The summed E-state index contributed by atoms with van der Waals surface area (Å²) in [5.41, 5.74) is 1.14. The zero-order valence-corrected chi connectivity index (χ0v) is 20.2. The van der Waals surface area contributed by atoms with Gasteiger partial charge in [-0.05, 0) is 60.1 Å². The maximum absolute atomic E-state index is 14.5. The molecule has 196 valence electrons. The molecule has 1 aromatic carbocycles. The van der Waals surface area contributed by atoms with Crippen LogP contribution in [0, 0.1) is 17.0 Å². The van der Waals surface area contributed by atoms with Crippen molar-refractivity contribution in [2.24, 2.45) is 5.41 Å². The van der Waals surface area contributed by atoms with E-state index in [1.54, 1.807) is 18.2 Å². The summed E-state index contributed by atoms with van der Waals surface area (Å²) in [4.78, 5) is 8.57. The minimum Gasteiger partial charge on any atom is -0.377 e.